The maximum absolute atomic E-state index is 11.9. The Hall–Kier alpha value is -2.81. The lowest BCUT2D eigenvalue weighted by molar-refractivity contribution is -0.384. The van der Waals surface area contributed by atoms with Crippen LogP contribution in [0.25, 0.3) is 0 Å². The zero-order chi connectivity index (χ0) is 18.6. The molecular formula is C16H15BrN2O6. The molecule has 9 heteroatoms. The van der Waals surface area contributed by atoms with Crippen molar-refractivity contribution in [2.45, 2.75) is 0 Å². The van der Waals surface area contributed by atoms with E-state index in [0.717, 1.165) is 0 Å². The van der Waals surface area contributed by atoms with Crippen molar-refractivity contribution in [1.82, 2.24) is 0 Å². The fourth-order valence-electron chi connectivity index (χ4n) is 2.20. The van der Waals surface area contributed by atoms with Crippen molar-refractivity contribution in [1.29, 1.82) is 0 Å². The Morgan fingerprint density at radius 1 is 1.12 bits per heavy atom. The van der Waals surface area contributed by atoms with E-state index in [1.54, 1.807) is 12.1 Å². The lowest BCUT2D eigenvalue weighted by atomic mass is 10.1. The van der Waals surface area contributed by atoms with E-state index < -0.39 is 10.9 Å². The normalized spacial score (nSPS) is 10.1. The van der Waals surface area contributed by atoms with Crippen LogP contribution in [0, 0.1) is 10.1 Å². The summed E-state index contributed by atoms with van der Waals surface area (Å²) in [5, 5.41) is 14.2. The van der Waals surface area contributed by atoms with Gasteiger partial charge in [-0.05, 0) is 12.1 Å². The van der Waals surface area contributed by atoms with Gasteiger partial charge in [0.1, 0.15) is 22.7 Å². The number of rotatable bonds is 6. The first-order valence-corrected chi connectivity index (χ1v) is 7.75. The van der Waals surface area contributed by atoms with Crippen LogP contribution < -0.4 is 14.8 Å². The van der Waals surface area contributed by atoms with E-state index in [9.17, 15) is 14.9 Å². The summed E-state index contributed by atoms with van der Waals surface area (Å²) in [6.45, 7) is 0. The van der Waals surface area contributed by atoms with Crippen LogP contribution in [0.2, 0.25) is 0 Å². The third-order valence-electron chi connectivity index (χ3n) is 3.33. The van der Waals surface area contributed by atoms with Crippen LogP contribution in [0.15, 0.2) is 34.8 Å². The molecule has 0 heterocycles. The molecule has 0 amide bonds. The van der Waals surface area contributed by atoms with Crippen LogP contribution >= 0.6 is 15.9 Å². The van der Waals surface area contributed by atoms with E-state index in [-0.39, 0.29) is 28.4 Å². The second kappa shape index (κ2) is 7.84. The summed E-state index contributed by atoms with van der Waals surface area (Å²) in [7, 11) is 4.04. The number of anilines is 2. The third kappa shape index (κ3) is 4.00. The van der Waals surface area contributed by atoms with Crippen molar-refractivity contribution in [2.75, 3.05) is 26.6 Å². The number of hydrogen-bond donors (Lipinski definition) is 1. The van der Waals surface area contributed by atoms with Crippen LogP contribution in [-0.2, 0) is 4.74 Å². The molecule has 0 fully saturated rings. The number of carbonyl (C=O) groups excluding carboxylic acids is 1. The Morgan fingerprint density at radius 2 is 1.72 bits per heavy atom. The predicted molar refractivity (Wildman–Crippen MR) is 95.0 cm³/mol. The van der Waals surface area contributed by atoms with E-state index in [1.807, 2.05) is 0 Å². The number of benzene rings is 2. The van der Waals surface area contributed by atoms with Gasteiger partial charge in [-0.3, -0.25) is 10.1 Å². The van der Waals surface area contributed by atoms with Crippen LogP contribution in [0.4, 0.5) is 17.1 Å². The summed E-state index contributed by atoms with van der Waals surface area (Å²) in [6, 6.07) is 7.68. The van der Waals surface area contributed by atoms with Crippen molar-refractivity contribution in [3.05, 3.63) is 50.5 Å². The number of esters is 1. The molecule has 0 aromatic heterocycles. The summed E-state index contributed by atoms with van der Waals surface area (Å²) < 4.78 is 15.8. The summed E-state index contributed by atoms with van der Waals surface area (Å²) in [5.41, 5.74) is 0.752. The zero-order valence-electron chi connectivity index (χ0n) is 13.7. The maximum Gasteiger partial charge on any atom is 0.345 e. The second-order valence-corrected chi connectivity index (χ2v) is 5.71. The number of nitro benzene ring substituents is 1. The Bertz CT molecular complexity index is 799. The van der Waals surface area contributed by atoms with Gasteiger partial charge in [0.05, 0.1) is 26.3 Å². The summed E-state index contributed by atoms with van der Waals surface area (Å²) in [4.78, 5) is 22.7. The molecule has 0 bridgehead atoms. The fourth-order valence-corrected chi connectivity index (χ4v) is 2.55. The number of hydrogen-bond acceptors (Lipinski definition) is 7. The van der Waals surface area contributed by atoms with Crippen molar-refractivity contribution < 1.29 is 23.9 Å². The zero-order valence-corrected chi connectivity index (χ0v) is 15.2. The number of nitrogens with one attached hydrogen (secondary N) is 1. The number of nitro groups is 1. The molecule has 132 valence electrons. The molecule has 0 unspecified atom stereocenters. The largest absolute Gasteiger partial charge is 0.496 e. The highest BCUT2D eigenvalue weighted by atomic mass is 79.9. The van der Waals surface area contributed by atoms with Gasteiger partial charge in [0.25, 0.3) is 5.69 Å². The molecule has 2 rings (SSSR count). The lowest BCUT2D eigenvalue weighted by Gasteiger charge is -2.15. The van der Waals surface area contributed by atoms with Gasteiger partial charge in [-0.2, -0.15) is 0 Å². The molecule has 25 heavy (non-hydrogen) atoms. The summed E-state index contributed by atoms with van der Waals surface area (Å²) in [5.74, 6) is -0.184. The average molecular weight is 411 g/mol. The highest BCUT2D eigenvalue weighted by Crippen LogP contribution is 2.37. The van der Waals surface area contributed by atoms with Crippen LogP contribution in [0.5, 0.6) is 11.5 Å². The Morgan fingerprint density at radius 3 is 2.20 bits per heavy atom. The van der Waals surface area contributed by atoms with Gasteiger partial charge >= 0.3 is 5.97 Å². The highest BCUT2D eigenvalue weighted by Gasteiger charge is 2.22. The van der Waals surface area contributed by atoms with Gasteiger partial charge in [0.2, 0.25) is 0 Å². The smallest absolute Gasteiger partial charge is 0.345 e. The lowest BCUT2D eigenvalue weighted by Crippen LogP contribution is -2.07. The number of carbonyl (C=O) groups is 1. The van der Waals surface area contributed by atoms with Crippen LogP contribution in [-0.4, -0.2) is 32.2 Å². The molecule has 0 aliphatic rings. The minimum atomic E-state index is -0.616. The van der Waals surface area contributed by atoms with E-state index in [2.05, 4.69) is 21.2 Å². The van der Waals surface area contributed by atoms with Gasteiger partial charge in [0.15, 0.2) is 0 Å². The van der Waals surface area contributed by atoms with Gasteiger partial charge in [0, 0.05) is 28.4 Å². The van der Waals surface area contributed by atoms with Crippen LogP contribution in [0.1, 0.15) is 10.4 Å². The van der Waals surface area contributed by atoms with Gasteiger partial charge in [-0.25, -0.2) is 4.79 Å². The molecule has 0 radical (unpaired) electrons. The fraction of sp³-hybridized carbons (Fsp3) is 0.188. The second-order valence-electron chi connectivity index (χ2n) is 4.79. The van der Waals surface area contributed by atoms with Crippen LogP contribution in [0.3, 0.4) is 0 Å². The molecule has 8 nitrogen and oxygen atoms in total. The van der Waals surface area contributed by atoms with E-state index in [1.165, 1.54) is 39.5 Å². The number of methoxy groups -OCH3 is 3. The maximum atomic E-state index is 11.9. The van der Waals surface area contributed by atoms with Crippen molar-refractivity contribution in [3.63, 3.8) is 0 Å². The standard InChI is InChI=1S/C16H15BrN2O6/c1-23-13-7-10(8-14(24-2)15(13)16(20)25-3)18-11-5-4-9(17)6-12(11)19(21)22/h4-8,18H,1-3H3. The highest BCUT2D eigenvalue weighted by molar-refractivity contribution is 9.10. The summed E-state index contributed by atoms with van der Waals surface area (Å²) >= 11 is 3.21. The number of halogens is 1. The topological polar surface area (TPSA) is 99.9 Å². The van der Waals surface area contributed by atoms with E-state index in [0.29, 0.717) is 10.2 Å². The molecule has 0 atom stereocenters. The summed E-state index contributed by atoms with van der Waals surface area (Å²) in [6.07, 6.45) is 0. The molecule has 0 saturated carbocycles. The third-order valence-corrected chi connectivity index (χ3v) is 3.82. The molecule has 1 N–H and O–H groups in total. The quantitative estimate of drug-likeness (QED) is 0.437. The van der Waals surface area contributed by atoms with Gasteiger partial charge in [-0.15, -0.1) is 0 Å². The number of nitrogens with zero attached hydrogens (tertiary/aromatic N) is 1. The first-order valence-electron chi connectivity index (χ1n) is 6.96. The predicted octanol–water partition coefficient (Wildman–Crippen LogP) is 3.90. The molecule has 2 aromatic carbocycles. The van der Waals surface area contributed by atoms with E-state index in [4.69, 9.17) is 14.2 Å². The SMILES string of the molecule is COC(=O)c1c(OC)cc(Nc2ccc(Br)cc2[N+](=O)[O-])cc1OC. The van der Waals surface area contributed by atoms with Crippen molar-refractivity contribution in [3.8, 4) is 11.5 Å². The first kappa shape index (κ1) is 18.5. The van der Waals surface area contributed by atoms with Gasteiger partial charge in [-0.1, -0.05) is 15.9 Å². The molecule has 2 aromatic rings. The minimum Gasteiger partial charge on any atom is -0.496 e. The Labute approximate surface area is 152 Å². The van der Waals surface area contributed by atoms with Crippen molar-refractivity contribution in [2.24, 2.45) is 0 Å². The molecule has 0 spiro atoms. The number of ether oxygens (including phenoxy) is 3. The Kier molecular flexibility index (Phi) is 5.81. The minimum absolute atomic E-state index is 0.107. The average Bonchev–Trinajstić information content (AvgIpc) is 2.61. The molecule has 0 aliphatic heterocycles. The first-order chi connectivity index (χ1) is 11.9. The molecule has 0 saturated heterocycles. The van der Waals surface area contributed by atoms with Gasteiger partial charge < -0.3 is 19.5 Å². The van der Waals surface area contributed by atoms with E-state index >= 15 is 0 Å². The monoisotopic (exact) mass is 410 g/mol. The molecule has 0 aliphatic carbocycles. The Balaban J connectivity index is 2.51. The van der Waals surface area contributed by atoms with Crippen molar-refractivity contribution >= 4 is 39.0 Å². The molecular weight excluding hydrogens is 396 g/mol.